The standard InChI is InChI=1S/C10H14N2O2S/c1-7-2-9(7)5-11-4-8-3-10(12(13)14)15-6-8/h3,6-7,9,11H,2,4-5H2,1H3. The minimum Gasteiger partial charge on any atom is -0.312 e. The van der Waals surface area contributed by atoms with Crippen molar-refractivity contribution in [3.63, 3.8) is 0 Å². The second kappa shape index (κ2) is 4.28. The van der Waals surface area contributed by atoms with E-state index in [9.17, 15) is 10.1 Å². The van der Waals surface area contributed by atoms with Gasteiger partial charge in [-0.05, 0) is 30.4 Å². The van der Waals surface area contributed by atoms with Crippen molar-refractivity contribution >= 4 is 16.3 Å². The van der Waals surface area contributed by atoms with Crippen LogP contribution >= 0.6 is 11.3 Å². The molecule has 1 fully saturated rings. The Hall–Kier alpha value is -0.940. The molecule has 4 nitrogen and oxygen atoms in total. The summed E-state index contributed by atoms with van der Waals surface area (Å²) in [4.78, 5) is 10.1. The zero-order valence-electron chi connectivity index (χ0n) is 8.60. The lowest BCUT2D eigenvalue weighted by atomic mass is 10.3. The quantitative estimate of drug-likeness (QED) is 0.619. The van der Waals surface area contributed by atoms with Crippen LogP contribution in [0.4, 0.5) is 5.00 Å². The molecule has 0 saturated heterocycles. The van der Waals surface area contributed by atoms with E-state index in [1.54, 1.807) is 6.07 Å². The first-order chi connectivity index (χ1) is 7.16. The Bertz CT molecular complexity index is 364. The van der Waals surface area contributed by atoms with E-state index < -0.39 is 0 Å². The van der Waals surface area contributed by atoms with Crippen LogP contribution in [0.25, 0.3) is 0 Å². The van der Waals surface area contributed by atoms with Gasteiger partial charge >= 0.3 is 5.00 Å². The Kier molecular flexibility index (Phi) is 3.02. The SMILES string of the molecule is CC1CC1CNCc1csc([N+](=O)[O-])c1. The van der Waals surface area contributed by atoms with Crippen LogP contribution in [0, 0.1) is 22.0 Å². The summed E-state index contributed by atoms with van der Waals surface area (Å²) >= 11 is 1.19. The third-order valence-electron chi connectivity index (χ3n) is 2.83. The number of rotatable bonds is 5. The largest absolute Gasteiger partial charge is 0.324 e. The molecular weight excluding hydrogens is 212 g/mol. The molecule has 0 spiro atoms. The molecule has 5 heteroatoms. The van der Waals surface area contributed by atoms with Gasteiger partial charge in [0.15, 0.2) is 0 Å². The molecule has 2 unspecified atom stereocenters. The number of hydrogen-bond donors (Lipinski definition) is 1. The van der Waals surface area contributed by atoms with Gasteiger partial charge in [0, 0.05) is 18.0 Å². The molecule has 1 N–H and O–H groups in total. The molecule has 0 radical (unpaired) electrons. The number of nitrogens with zero attached hydrogens (tertiary/aromatic N) is 1. The molecule has 1 heterocycles. The Morgan fingerprint density at radius 2 is 2.47 bits per heavy atom. The number of thiophene rings is 1. The van der Waals surface area contributed by atoms with E-state index in [0.29, 0.717) is 0 Å². The van der Waals surface area contributed by atoms with E-state index in [2.05, 4.69) is 12.2 Å². The zero-order valence-corrected chi connectivity index (χ0v) is 9.42. The predicted molar refractivity (Wildman–Crippen MR) is 60.0 cm³/mol. The van der Waals surface area contributed by atoms with Crippen LogP contribution in [-0.4, -0.2) is 11.5 Å². The van der Waals surface area contributed by atoms with E-state index in [-0.39, 0.29) is 9.92 Å². The van der Waals surface area contributed by atoms with E-state index in [0.717, 1.165) is 30.5 Å². The highest BCUT2D eigenvalue weighted by atomic mass is 32.1. The topological polar surface area (TPSA) is 55.2 Å². The first kappa shape index (κ1) is 10.6. The maximum absolute atomic E-state index is 10.4. The third kappa shape index (κ3) is 2.76. The van der Waals surface area contributed by atoms with Gasteiger partial charge in [0.25, 0.3) is 0 Å². The van der Waals surface area contributed by atoms with Gasteiger partial charge in [-0.25, -0.2) is 0 Å². The second-order valence-corrected chi connectivity index (χ2v) is 5.04. The van der Waals surface area contributed by atoms with Crippen molar-refractivity contribution in [3.05, 3.63) is 27.1 Å². The summed E-state index contributed by atoms with van der Waals surface area (Å²) < 4.78 is 0. The molecule has 82 valence electrons. The van der Waals surface area contributed by atoms with Gasteiger partial charge in [-0.15, -0.1) is 0 Å². The van der Waals surface area contributed by atoms with Crippen LogP contribution in [0.15, 0.2) is 11.4 Å². The molecular formula is C10H14N2O2S. The van der Waals surface area contributed by atoms with Crippen LogP contribution < -0.4 is 5.32 Å². The summed E-state index contributed by atoms with van der Waals surface area (Å²) in [7, 11) is 0. The predicted octanol–water partition coefficient (Wildman–Crippen LogP) is 2.40. The molecule has 15 heavy (non-hydrogen) atoms. The summed E-state index contributed by atoms with van der Waals surface area (Å²) in [5, 5.41) is 15.9. The van der Waals surface area contributed by atoms with Crippen molar-refractivity contribution in [3.8, 4) is 0 Å². The highest BCUT2D eigenvalue weighted by Crippen LogP contribution is 2.36. The average molecular weight is 226 g/mol. The Balaban J connectivity index is 1.75. The van der Waals surface area contributed by atoms with Crippen LogP contribution in [-0.2, 0) is 6.54 Å². The first-order valence-electron chi connectivity index (χ1n) is 5.09. The summed E-state index contributed by atoms with van der Waals surface area (Å²) in [5.74, 6) is 1.67. The minimum atomic E-state index is -0.336. The van der Waals surface area contributed by atoms with Crippen LogP contribution in [0.1, 0.15) is 18.9 Å². The molecule has 2 rings (SSSR count). The molecule has 0 aliphatic heterocycles. The fraction of sp³-hybridized carbons (Fsp3) is 0.600. The molecule has 0 aromatic carbocycles. The van der Waals surface area contributed by atoms with Crippen LogP contribution in [0.5, 0.6) is 0 Å². The summed E-state index contributed by atoms with van der Waals surface area (Å²) in [6, 6.07) is 1.65. The van der Waals surface area contributed by atoms with Gasteiger partial charge < -0.3 is 5.32 Å². The normalized spacial score (nSPS) is 24.1. The first-order valence-corrected chi connectivity index (χ1v) is 5.97. The van der Waals surface area contributed by atoms with Gasteiger partial charge in [0.05, 0.1) is 4.92 Å². The minimum absolute atomic E-state index is 0.228. The van der Waals surface area contributed by atoms with E-state index in [1.165, 1.54) is 17.8 Å². The number of nitro groups is 1. The summed E-state index contributed by atoms with van der Waals surface area (Å²) in [5.41, 5.74) is 1.01. The lowest BCUT2D eigenvalue weighted by Gasteiger charge is -2.00. The molecule has 0 bridgehead atoms. The van der Waals surface area contributed by atoms with Crippen molar-refractivity contribution in [2.75, 3.05) is 6.54 Å². The van der Waals surface area contributed by atoms with E-state index in [4.69, 9.17) is 0 Å². The van der Waals surface area contributed by atoms with E-state index >= 15 is 0 Å². The Morgan fingerprint density at radius 1 is 1.73 bits per heavy atom. The molecule has 2 atom stereocenters. The van der Waals surface area contributed by atoms with Gasteiger partial charge in [0.2, 0.25) is 0 Å². The van der Waals surface area contributed by atoms with E-state index in [1.807, 2.05) is 5.38 Å². The third-order valence-corrected chi connectivity index (χ3v) is 3.76. The maximum atomic E-state index is 10.4. The van der Waals surface area contributed by atoms with Crippen molar-refractivity contribution in [1.82, 2.24) is 5.32 Å². The second-order valence-electron chi connectivity index (χ2n) is 4.15. The molecule has 1 aliphatic carbocycles. The lowest BCUT2D eigenvalue weighted by molar-refractivity contribution is -0.380. The molecule has 0 amide bonds. The molecule has 1 aliphatic rings. The lowest BCUT2D eigenvalue weighted by Crippen LogP contribution is -2.16. The summed E-state index contributed by atoms with van der Waals surface area (Å²) in [6.07, 6.45) is 1.32. The highest BCUT2D eigenvalue weighted by molar-refractivity contribution is 7.13. The van der Waals surface area contributed by atoms with Crippen molar-refractivity contribution in [2.45, 2.75) is 19.9 Å². The molecule has 1 aromatic rings. The fourth-order valence-corrected chi connectivity index (χ4v) is 2.37. The number of nitrogens with one attached hydrogen (secondary N) is 1. The fourth-order valence-electron chi connectivity index (χ4n) is 1.64. The van der Waals surface area contributed by atoms with Gasteiger partial charge in [0.1, 0.15) is 0 Å². The Labute approximate surface area is 92.5 Å². The van der Waals surface area contributed by atoms with Crippen molar-refractivity contribution in [1.29, 1.82) is 0 Å². The molecule has 1 saturated carbocycles. The molecule has 1 aromatic heterocycles. The van der Waals surface area contributed by atoms with Gasteiger partial charge in [-0.2, -0.15) is 0 Å². The Morgan fingerprint density at radius 3 is 3.00 bits per heavy atom. The summed E-state index contributed by atoms with van der Waals surface area (Å²) in [6.45, 7) is 4.03. The zero-order chi connectivity index (χ0) is 10.8. The highest BCUT2D eigenvalue weighted by Gasteiger charge is 2.31. The average Bonchev–Trinajstić information content (AvgIpc) is 2.71. The van der Waals surface area contributed by atoms with Crippen LogP contribution in [0.3, 0.4) is 0 Å². The monoisotopic (exact) mass is 226 g/mol. The van der Waals surface area contributed by atoms with Gasteiger partial charge in [-0.1, -0.05) is 18.3 Å². The van der Waals surface area contributed by atoms with Crippen molar-refractivity contribution in [2.24, 2.45) is 11.8 Å². The number of hydrogen-bond acceptors (Lipinski definition) is 4. The smallest absolute Gasteiger partial charge is 0.312 e. The maximum Gasteiger partial charge on any atom is 0.324 e. The van der Waals surface area contributed by atoms with Crippen molar-refractivity contribution < 1.29 is 4.92 Å². The van der Waals surface area contributed by atoms with Crippen LogP contribution in [0.2, 0.25) is 0 Å². The van der Waals surface area contributed by atoms with Gasteiger partial charge in [-0.3, -0.25) is 10.1 Å².